The summed E-state index contributed by atoms with van der Waals surface area (Å²) >= 11 is 10.1. The minimum Gasteiger partial charge on any atom is -0.271 e. The third-order valence-electron chi connectivity index (χ3n) is 1.77. The van der Waals surface area contributed by atoms with Gasteiger partial charge in [0.1, 0.15) is 0 Å². The van der Waals surface area contributed by atoms with Crippen LogP contribution in [0, 0.1) is 21.6 Å². The molecule has 94 valence electrons. The van der Waals surface area contributed by atoms with Gasteiger partial charge in [0.25, 0.3) is 5.69 Å². The fourth-order valence-electron chi connectivity index (χ4n) is 1.08. The van der Waals surface area contributed by atoms with E-state index in [4.69, 9.17) is 16.9 Å². The number of nitro groups is 1. The van der Waals surface area contributed by atoms with E-state index >= 15 is 0 Å². The summed E-state index contributed by atoms with van der Waals surface area (Å²) in [5.41, 5.74) is -0.128. The molecule has 0 aromatic heterocycles. The van der Waals surface area contributed by atoms with Crippen LogP contribution in [0.1, 0.15) is 0 Å². The van der Waals surface area contributed by atoms with Crippen molar-refractivity contribution in [2.75, 3.05) is 6.26 Å². The zero-order valence-electron chi connectivity index (χ0n) is 8.98. The fraction of sp³-hybridized carbons (Fsp3) is 0.111. The highest BCUT2D eigenvalue weighted by molar-refractivity contribution is 9.10. The second kappa shape index (κ2) is 6.58. The Morgan fingerprint density at radius 1 is 1.72 bits per heavy atom. The number of hydrogen-bond donors (Lipinski definition) is 1. The highest BCUT2D eigenvalue weighted by Gasteiger charge is 2.18. The number of halogens is 2. The van der Waals surface area contributed by atoms with Crippen molar-refractivity contribution in [3.8, 4) is 6.19 Å². The smallest absolute Gasteiger partial charge is 0.271 e. The third-order valence-corrected chi connectivity index (χ3v) is 3.18. The summed E-state index contributed by atoms with van der Waals surface area (Å²) in [4.78, 5) is 14.4. The largest absolute Gasteiger partial charge is 0.297 e. The number of rotatable bonds is 2. The van der Waals surface area contributed by atoms with Crippen LogP contribution in [0.25, 0.3) is 0 Å². The van der Waals surface area contributed by atoms with Gasteiger partial charge in [0.2, 0.25) is 0 Å². The van der Waals surface area contributed by atoms with Crippen LogP contribution in [0.2, 0.25) is 5.02 Å². The predicted octanol–water partition coefficient (Wildman–Crippen LogP) is 3.43. The topological polar surface area (TPSA) is 91.3 Å². The number of nitrogens with one attached hydrogen (secondary N) is 1. The molecule has 1 N–H and O–H groups in total. The predicted molar refractivity (Wildman–Crippen MR) is 75.2 cm³/mol. The van der Waals surface area contributed by atoms with Gasteiger partial charge in [-0.2, -0.15) is 5.26 Å². The highest BCUT2D eigenvalue weighted by atomic mass is 79.9. The van der Waals surface area contributed by atoms with Gasteiger partial charge >= 0.3 is 0 Å². The van der Waals surface area contributed by atoms with Crippen molar-refractivity contribution in [2.45, 2.75) is 0 Å². The van der Waals surface area contributed by atoms with E-state index < -0.39 is 4.92 Å². The maximum atomic E-state index is 10.9. The summed E-state index contributed by atoms with van der Waals surface area (Å²) in [7, 11) is 0. The Morgan fingerprint density at radius 3 is 2.89 bits per heavy atom. The third kappa shape index (κ3) is 3.60. The van der Waals surface area contributed by atoms with Gasteiger partial charge in [0.15, 0.2) is 17.0 Å². The van der Waals surface area contributed by atoms with E-state index in [0.717, 1.165) is 11.8 Å². The van der Waals surface area contributed by atoms with Crippen LogP contribution in [-0.4, -0.2) is 16.3 Å². The standard InChI is InChI=1S/C9H6BrClN4O2S/c1-18-9(13-4-12)14-8-6(10)2-5(11)3-7(8)15(16)17/h2-3H,1H3,(H,13,14). The van der Waals surface area contributed by atoms with Gasteiger partial charge in [0, 0.05) is 11.1 Å². The van der Waals surface area contributed by atoms with E-state index in [-0.39, 0.29) is 21.6 Å². The SMILES string of the molecule is CSC(=Nc1c(Br)cc(Cl)cc1[N+](=O)[O-])NC#N. The molecular formula is C9H6BrClN4O2S. The number of benzene rings is 1. The lowest BCUT2D eigenvalue weighted by Gasteiger charge is -2.04. The van der Waals surface area contributed by atoms with Gasteiger partial charge in [-0.25, -0.2) is 4.99 Å². The number of nitriles is 1. The molecule has 0 aliphatic rings. The summed E-state index contributed by atoms with van der Waals surface area (Å²) < 4.78 is 0.382. The molecule has 1 rings (SSSR count). The molecule has 1 aromatic carbocycles. The van der Waals surface area contributed by atoms with Crippen molar-refractivity contribution in [1.29, 1.82) is 5.26 Å². The molecule has 18 heavy (non-hydrogen) atoms. The first-order chi connectivity index (χ1) is 8.49. The highest BCUT2D eigenvalue weighted by Crippen LogP contribution is 2.38. The molecule has 0 unspecified atom stereocenters. The summed E-state index contributed by atoms with van der Waals surface area (Å²) in [5.74, 6) is 0. The van der Waals surface area contributed by atoms with E-state index in [1.54, 1.807) is 12.4 Å². The van der Waals surface area contributed by atoms with Gasteiger partial charge in [-0.05, 0) is 28.3 Å². The lowest BCUT2D eigenvalue weighted by molar-refractivity contribution is -0.384. The first-order valence-corrected chi connectivity index (χ1v) is 6.80. The maximum Gasteiger partial charge on any atom is 0.297 e. The van der Waals surface area contributed by atoms with E-state index in [0.29, 0.717) is 4.47 Å². The lowest BCUT2D eigenvalue weighted by atomic mass is 10.3. The Bertz CT molecular complexity index is 558. The second-order valence-corrected chi connectivity index (χ2v) is 4.96. The molecule has 0 aliphatic heterocycles. The van der Waals surface area contributed by atoms with Crippen molar-refractivity contribution in [3.63, 3.8) is 0 Å². The first-order valence-electron chi connectivity index (χ1n) is 4.40. The molecule has 0 amide bonds. The molecule has 0 fully saturated rings. The van der Waals surface area contributed by atoms with Crippen LogP contribution in [0.4, 0.5) is 11.4 Å². The van der Waals surface area contributed by atoms with Gasteiger partial charge in [-0.15, -0.1) is 0 Å². The molecule has 0 saturated heterocycles. The van der Waals surface area contributed by atoms with Crippen molar-refractivity contribution in [1.82, 2.24) is 5.32 Å². The van der Waals surface area contributed by atoms with Gasteiger partial charge in [-0.3, -0.25) is 15.4 Å². The van der Waals surface area contributed by atoms with Crippen LogP contribution < -0.4 is 5.32 Å². The maximum absolute atomic E-state index is 10.9. The number of nitro benzene ring substituents is 1. The number of amidine groups is 1. The monoisotopic (exact) mass is 348 g/mol. The number of nitrogens with zero attached hydrogens (tertiary/aromatic N) is 3. The molecule has 0 radical (unpaired) electrons. The van der Waals surface area contributed by atoms with E-state index in [9.17, 15) is 10.1 Å². The van der Waals surface area contributed by atoms with Gasteiger partial charge in [-0.1, -0.05) is 23.4 Å². The van der Waals surface area contributed by atoms with Gasteiger partial charge < -0.3 is 0 Å². The average Bonchev–Trinajstić information content (AvgIpc) is 2.30. The first kappa shape index (κ1) is 14.8. The van der Waals surface area contributed by atoms with Crippen molar-refractivity contribution < 1.29 is 4.92 Å². The average molecular weight is 350 g/mol. The van der Waals surface area contributed by atoms with Crippen molar-refractivity contribution >= 4 is 55.8 Å². The van der Waals surface area contributed by atoms with Crippen LogP contribution >= 0.6 is 39.3 Å². The molecule has 9 heteroatoms. The summed E-state index contributed by atoms with van der Waals surface area (Å²) in [6.45, 7) is 0. The zero-order chi connectivity index (χ0) is 13.7. The van der Waals surface area contributed by atoms with E-state index in [1.807, 2.05) is 0 Å². The van der Waals surface area contributed by atoms with Crippen LogP contribution in [-0.2, 0) is 0 Å². The van der Waals surface area contributed by atoms with Crippen LogP contribution in [0.5, 0.6) is 0 Å². The fourth-order valence-corrected chi connectivity index (χ4v) is 2.29. The number of aliphatic imine (C=N–C) groups is 1. The normalized spacial score (nSPS) is 10.9. The second-order valence-electron chi connectivity index (χ2n) is 2.87. The quantitative estimate of drug-likeness (QED) is 0.220. The summed E-state index contributed by atoms with van der Waals surface area (Å²) in [6, 6.07) is 2.70. The van der Waals surface area contributed by atoms with Crippen molar-refractivity contribution in [3.05, 3.63) is 31.7 Å². The van der Waals surface area contributed by atoms with Gasteiger partial charge in [0.05, 0.1) is 9.40 Å². The molecule has 0 aliphatic carbocycles. The molecule has 6 nitrogen and oxygen atoms in total. The molecule has 0 bridgehead atoms. The summed E-state index contributed by atoms with van der Waals surface area (Å²) in [5, 5.41) is 22.2. The molecule has 0 atom stereocenters. The zero-order valence-corrected chi connectivity index (χ0v) is 12.1. The van der Waals surface area contributed by atoms with Crippen LogP contribution in [0.3, 0.4) is 0 Å². The number of thioether (sulfide) groups is 1. The minimum atomic E-state index is -0.584. The Kier molecular flexibility index (Phi) is 5.40. The lowest BCUT2D eigenvalue weighted by Crippen LogP contribution is -2.12. The molecule has 0 spiro atoms. The molecular weight excluding hydrogens is 344 g/mol. The van der Waals surface area contributed by atoms with E-state index in [2.05, 4.69) is 26.2 Å². The summed E-state index contributed by atoms with van der Waals surface area (Å²) in [6.07, 6.45) is 3.40. The Balaban J connectivity index is 3.39. The Hall–Kier alpha value is -1.30. The van der Waals surface area contributed by atoms with Crippen LogP contribution in [0.15, 0.2) is 21.6 Å². The Morgan fingerprint density at radius 2 is 2.39 bits per heavy atom. The molecule has 0 heterocycles. The van der Waals surface area contributed by atoms with E-state index in [1.165, 1.54) is 12.1 Å². The molecule has 0 saturated carbocycles. The van der Waals surface area contributed by atoms with Crippen molar-refractivity contribution in [2.24, 2.45) is 4.99 Å². The minimum absolute atomic E-state index is 0.108. The molecule has 1 aromatic rings. The number of hydrogen-bond acceptors (Lipinski definition) is 5. The Labute approximate surface area is 120 Å².